The van der Waals surface area contributed by atoms with Crippen molar-refractivity contribution in [3.05, 3.63) is 0 Å². The molecule has 0 aliphatic heterocycles. The first-order valence-corrected chi connectivity index (χ1v) is 7.22. The fraction of sp³-hybridized carbons (Fsp3) is 0.700. The van der Waals surface area contributed by atoms with E-state index in [9.17, 15) is 4.79 Å². The molecule has 96 valence electrons. The van der Waals surface area contributed by atoms with Gasteiger partial charge in [0.05, 0.1) is 5.25 Å². The molecule has 0 saturated heterocycles. The number of rotatable bonds is 6. The van der Waals surface area contributed by atoms with Crippen LogP contribution in [-0.2, 0) is 4.79 Å². The van der Waals surface area contributed by atoms with E-state index in [0.717, 1.165) is 17.3 Å². The fourth-order valence-corrected chi connectivity index (χ4v) is 2.91. The fourth-order valence-electron chi connectivity index (χ4n) is 1.10. The summed E-state index contributed by atoms with van der Waals surface area (Å²) in [6.07, 6.45) is 0.995. The molecule has 0 bridgehead atoms. The normalized spacial score (nSPS) is 12.7. The molecule has 1 aromatic rings. The molecule has 0 saturated carbocycles. The van der Waals surface area contributed by atoms with E-state index < -0.39 is 0 Å². The lowest BCUT2D eigenvalue weighted by Crippen LogP contribution is -2.32. The van der Waals surface area contributed by atoms with Crippen LogP contribution in [0.2, 0.25) is 0 Å². The summed E-state index contributed by atoms with van der Waals surface area (Å²) in [6, 6.07) is 0. The number of hydrogen-bond donors (Lipinski definition) is 2. The van der Waals surface area contributed by atoms with Crippen LogP contribution in [-0.4, -0.2) is 27.9 Å². The summed E-state index contributed by atoms with van der Waals surface area (Å²) >= 11 is 2.68. The minimum atomic E-state index is -0.172. The molecule has 5 nitrogen and oxygen atoms in total. The first kappa shape index (κ1) is 14.2. The monoisotopic (exact) mass is 274 g/mol. The number of nitrogen functional groups attached to an aromatic ring is 1. The third kappa shape index (κ3) is 5.36. The SMILES string of the molecule is CC(C)CCNC(=O)C(C)Sc1nnc(N)s1. The maximum absolute atomic E-state index is 11.7. The highest BCUT2D eigenvalue weighted by Crippen LogP contribution is 2.27. The van der Waals surface area contributed by atoms with Gasteiger partial charge in [-0.15, -0.1) is 10.2 Å². The molecule has 3 N–H and O–H groups in total. The van der Waals surface area contributed by atoms with E-state index in [-0.39, 0.29) is 11.2 Å². The topological polar surface area (TPSA) is 80.9 Å². The van der Waals surface area contributed by atoms with Crippen LogP contribution in [0.15, 0.2) is 4.34 Å². The summed E-state index contributed by atoms with van der Waals surface area (Å²) in [6.45, 7) is 6.84. The lowest BCUT2D eigenvalue weighted by molar-refractivity contribution is -0.120. The molecule has 1 unspecified atom stereocenters. The van der Waals surface area contributed by atoms with Crippen molar-refractivity contribution in [2.24, 2.45) is 5.92 Å². The third-order valence-electron chi connectivity index (χ3n) is 2.09. The highest BCUT2D eigenvalue weighted by molar-refractivity contribution is 8.02. The van der Waals surface area contributed by atoms with Crippen molar-refractivity contribution in [2.75, 3.05) is 12.3 Å². The Morgan fingerprint density at radius 2 is 2.18 bits per heavy atom. The molecule has 0 aromatic carbocycles. The summed E-state index contributed by atoms with van der Waals surface area (Å²) in [7, 11) is 0. The summed E-state index contributed by atoms with van der Waals surface area (Å²) in [5.74, 6) is 0.630. The lowest BCUT2D eigenvalue weighted by Gasteiger charge is -2.11. The van der Waals surface area contributed by atoms with Crippen molar-refractivity contribution in [3.8, 4) is 0 Å². The van der Waals surface area contributed by atoms with E-state index in [0.29, 0.717) is 11.0 Å². The predicted molar refractivity (Wildman–Crippen MR) is 72.1 cm³/mol. The molecule has 0 aliphatic carbocycles. The van der Waals surface area contributed by atoms with E-state index in [1.165, 1.54) is 23.1 Å². The second kappa shape index (κ2) is 6.80. The van der Waals surface area contributed by atoms with E-state index in [4.69, 9.17) is 5.73 Å². The van der Waals surface area contributed by atoms with Crippen molar-refractivity contribution in [3.63, 3.8) is 0 Å². The van der Waals surface area contributed by atoms with Crippen molar-refractivity contribution in [1.82, 2.24) is 15.5 Å². The number of thioether (sulfide) groups is 1. The standard InChI is InChI=1S/C10H18N4OS2/c1-6(2)4-5-12-8(15)7(3)16-10-14-13-9(11)17-10/h6-7H,4-5H2,1-3H3,(H2,11,13)(H,12,15). The average molecular weight is 274 g/mol. The molecule has 7 heteroatoms. The zero-order chi connectivity index (χ0) is 12.8. The van der Waals surface area contributed by atoms with Gasteiger partial charge < -0.3 is 11.1 Å². The largest absolute Gasteiger partial charge is 0.374 e. The van der Waals surface area contributed by atoms with Gasteiger partial charge in [0.25, 0.3) is 0 Å². The van der Waals surface area contributed by atoms with Gasteiger partial charge in [-0.25, -0.2) is 0 Å². The van der Waals surface area contributed by atoms with Crippen molar-refractivity contribution >= 4 is 34.1 Å². The van der Waals surface area contributed by atoms with E-state index >= 15 is 0 Å². The molecule has 0 aliphatic rings. The zero-order valence-electron chi connectivity index (χ0n) is 10.3. The molecule has 1 atom stereocenters. The van der Waals surface area contributed by atoms with Crippen LogP contribution in [0.5, 0.6) is 0 Å². The van der Waals surface area contributed by atoms with Crippen LogP contribution in [0, 0.1) is 5.92 Å². The quantitative estimate of drug-likeness (QED) is 0.773. The Kier molecular flexibility index (Phi) is 5.70. The molecule has 1 heterocycles. The number of aromatic nitrogens is 2. The number of carbonyl (C=O) groups is 1. The number of anilines is 1. The molecule has 1 rings (SSSR count). The molecular weight excluding hydrogens is 256 g/mol. The Hall–Kier alpha value is -0.820. The van der Waals surface area contributed by atoms with E-state index in [2.05, 4.69) is 29.4 Å². The third-order valence-corrected chi connectivity index (χ3v) is 4.03. The van der Waals surface area contributed by atoms with Gasteiger partial charge in [0.15, 0.2) is 4.34 Å². The lowest BCUT2D eigenvalue weighted by atomic mass is 10.1. The second-order valence-electron chi connectivity index (χ2n) is 4.14. The molecule has 0 fully saturated rings. The Balaban J connectivity index is 2.31. The first-order chi connectivity index (χ1) is 7.99. The Bertz CT molecular complexity index is 367. The molecule has 0 radical (unpaired) electrons. The predicted octanol–water partition coefficient (Wildman–Crippen LogP) is 1.76. The van der Waals surface area contributed by atoms with E-state index in [1.807, 2.05) is 6.92 Å². The number of nitrogens with two attached hydrogens (primary N) is 1. The average Bonchev–Trinajstić information content (AvgIpc) is 2.63. The van der Waals surface area contributed by atoms with Crippen LogP contribution in [0.25, 0.3) is 0 Å². The number of carbonyl (C=O) groups excluding carboxylic acids is 1. The molecule has 1 aromatic heterocycles. The highest BCUT2D eigenvalue weighted by Gasteiger charge is 2.16. The van der Waals surface area contributed by atoms with Crippen LogP contribution >= 0.6 is 23.1 Å². The van der Waals surface area contributed by atoms with Gasteiger partial charge in [-0.2, -0.15) is 0 Å². The van der Waals surface area contributed by atoms with Crippen LogP contribution in [0.4, 0.5) is 5.13 Å². The van der Waals surface area contributed by atoms with Gasteiger partial charge in [-0.3, -0.25) is 4.79 Å². The van der Waals surface area contributed by atoms with Gasteiger partial charge in [0.1, 0.15) is 0 Å². The van der Waals surface area contributed by atoms with E-state index in [1.54, 1.807) is 0 Å². The Morgan fingerprint density at radius 1 is 1.47 bits per heavy atom. The van der Waals surface area contributed by atoms with Gasteiger partial charge in [-0.1, -0.05) is 36.9 Å². The Labute approximate surface area is 110 Å². The zero-order valence-corrected chi connectivity index (χ0v) is 11.9. The summed E-state index contributed by atoms with van der Waals surface area (Å²) in [5, 5.41) is 10.7. The minimum absolute atomic E-state index is 0.0319. The van der Waals surface area contributed by atoms with Crippen molar-refractivity contribution < 1.29 is 4.79 Å². The Morgan fingerprint density at radius 3 is 2.71 bits per heavy atom. The molecule has 0 spiro atoms. The van der Waals surface area contributed by atoms with Crippen LogP contribution in [0.1, 0.15) is 27.2 Å². The highest BCUT2D eigenvalue weighted by atomic mass is 32.2. The second-order valence-corrected chi connectivity index (χ2v) is 6.74. The summed E-state index contributed by atoms with van der Waals surface area (Å²) in [5.41, 5.74) is 5.47. The summed E-state index contributed by atoms with van der Waals surface area (Å²) in [4.78, 5) is 11.7. The van der Waals surface area contributed by atoms with Gasteiger partial charge in [-0.05, 0) is 19.3 Å². The van der Waals surface area contributed by atoms with Gasteiger partial charge in [0.2, 0.25) is 11.0 Å². The molecule has 17 heavy (non-hydrogen) atoms. The number of hydrogen-bond acceptors (Lipinski definition) is 6. The van der Waals surface area contributed by atoms with Crippen LogP contribution < -0.4 is 11.1 Å². The molecular formula is C10H18N4OS2. The van der Waals surface area contributed by atoms with Gasteiger partial charge in [0, 0.05) is 6.54 Å². The molecule has 1 amide bonds. The summed E-state index contributed by atoms with van der Waals surface area (Å²) < 4.78 is 0.731. The number of amides is 1. The van der Waals surface area contributed by atoms with Crippen LogP contribution in [0.3, 0.4) is 0 Å². The minimum Gasteiger partial charge on any atom is -0.374 e. The smallest absolute Gasteiger partial charge is 0.233 e. The van der Waals surface area contributed by atoms with Crippen molar-refractivity contribution in [1.29, 1.82) is 0 Å². The first-order valence-electron chi connectivity index (χ1n) is 5.52. The maximum Gasteiger partial charge on any atom is 0.233 e. The maximum atomic E-state index is 11.7. The number of nitrogens with one attached hydrogen (secondary N) is 1. The van der Waals surface area contributed by atoms with Gasteiger partial charge >= 0.3 is 0 Å². The van der Waals surface area contributed by atoms with Crippen molar-refractivity contribution in [2.45, 2.75) is 36.8 Å². The number of nitrogens with zero attached hydrogens (tertiary/aromatic N) is 2.